The Labute approximate surface area is 123 Å². The Balaban J connectivity index is 2.13. The summed E-state index contributed by atoms with van der Waals surface area (Å²) in [7, 11) is 1.49. The number of aromatic nitrogens is 3. The van der Waals surface area contributed by atoms with E-state index in [1.54, 1.807) is 0 Å². The van der Waals surface area contributed by atoms with E-state index in [4.69, 9.17) is 9.84 Å². The van der Waals surface area contributed by atoms with Gasteiger partial charge in [0.25, 0.3) is 5.56 Å². The van der Waals surface area contributed by atoms with Crippen LogP contribution in [-0.2, 0) is 11.8 Å². The molecule has 0 spiro atoms. The van der Waals surface area contributed by atoms with Crippen LogP contribution in [0.3, 0.4) is 0 Å². The molecule has 1 aliphatic rings. The van der Waals surface area contributed by atoms with Crippen molar-refractivity contribution in [1.82, 2.24) is 14.1 Å². The molecule has 9 nitrogen and oxygen atoms in total. The maximum absolute atomic E-state index is 12.1. The average molecular weight is 309 g/mol. The van der Waals surface area contributed by atoms with Gasteiger partial charge >= 0.3 is 5.69 Å². The van der Waals surface area contributed by atoms with E-state index in [2.05, 4.69) is 4.98 Å². The first-order chi connectivity index (χ1) is 10.4. The van der Waals surface area contributed by atoms with Crippen LogP contribution in [0.4, 0.5) is 0 Å². The van der Waals surface area contributed by atoms with E-state index in [1.807, 2.05) is 0 Å². The van der Waals surface area contributed by atoms with Gasteiger partial charge in [-0.3, -0.25) is 13.9 Å². The van der Waals surface area contributed by atoms with Crippen LogP contribution in [-0.4, -0.2) is 54.4 Å². The minimum absolute atomic E-state index is 0.209. The molecule has 0 aliphatic carbocycles. The number of nitrogens with zero attached hydrogens (tertiary/aromatic N) is 3. The number of hydrogen-bond acceptors (Lipinski definition) is 7. The van der Waals surface area contributed by atoms with Crippen LogP contribution < -0.4 is 11.2 Å². The van der Waals surface area contributed by atoms with Gasteiger partial charge in [0.1, 0.15) is 24.0 Å². The van der Waals surface area contributed by atoms with Crippen molar-refractivity contribution in [3.63, 3.8) is 0 Å². The predicted molar refractivity (Wildman–Crippen MR) is 74.3 cm³/mol. The molecule has 0 saturated carbocycles. The highest BCUT2D eigenvalue weighted by Gasteiger charge is 2.43. The fourth-order valence-corrected chi connectivity index (χ4v) is 2.53. The lowest BCUT2D eigenvalue weighted by Crippen LogP contribution is -2.36. The van der Waals surface area contributed by atoms with Gasteiger partial charge in [0.05, 0.1) is 6.61 Å². The standard InChI is InChI=1S/C13H15N3O6/c1-15-8(18)3-2-6-4-16(13(21)14-11(6)15)12-10(20)9(19)7(5-17)22-12/h2-4,7,9-10,12,17,19-20H,5H2,1H3/t7-,9-,10-,12-/m1/s1. The third-order valence-electron chi connectivity index (χ3n) is 3.80. The zero-order valence-corrected chi connectivity index (χ0v) is 11.7. The summed E-state index contributed by atoms with van der Waals surface area (Å²) in [5, 5.41) is 29.3. The number of ether oxygens (including phenoxy) is 1. The number of fused-ring (bicyclic) bond motifs is 1. The van der Waals surface area contributed by atoms with Crippen molar-refractivity contribution in [1.29, 1.82) is 0 Å². The molecule has 0 bridgehead atoms. The molecular formula is C13H15N3O6. The smallest absolute Gasteiger partial charge is 0.351 e. The van der Waals surface area contributed by atoms with E-state index in [0.29, 0.717) is 5.39 Å². The highest BCUT2D eigenvalue weighted by atomic mass is 16.6. The second-order valence-corrected chi connectivity index (χ2v) is 5.17. The Morgan fingerprint density at radius 3 is 2.64 bits per heavy atom. The molecule has 3 rings (SSSR count). The van der Waals surface area contributed by atoms with Gasteiger partial charge in [0, 0.05) is 24.7 Å². The normalized spacial score (nSPS) is 28.4. The number of aliphatic hydroxyl groups is 3. The molecule has 22 heavy (non-hydrogen) atoms. The largest absolute Gasteiger partial charge is 0.394 e. The summed E-state index contributed by atoms with van der Waals surface area (Å²) in [6.45, 7) is -0.487. The van der Waals surface area contributed by atoms with E-state index in [0.717, 1.165) is 4.57 Å². The van der Waals surface area contributed by atoms with Crippen LogP contribution in [0.25, 0.3) is 11.0 Å². The third-order valence-corrected chi connectivity index (χ3v) is 3.80. The molecule has 2 aromatic heterocycles. The first-order valence-electron chi connectivity index (χ1n) is 6.65. The highest BCUT2D eigenvalue weighted by molar-refractivity contribution is 5.73. The average Bonchev–Trinajstić information content (AvgIpc) is 2.79. The first-order valence-corrected chi connectivity index (χ1v) is 6.65. The Bertz CT molecular complexity index is 829. The van der Waals surface area contributed by atoms with Crippen molar-refractivity contribution in [2.24, 2.45) is 7.05 Å². The second kappa shape index (κ2) is 5.29. The lowest BCUT2D eigenvalue weighted by atomic mass is 10.1. The van der Waals surface area contributed by atoms with E-state index in [-0.39, 0.29) is 11.2 Å². The molecule has 9 heteroatoms. The van der Waals surface area contributed by atoms with Crippen LogP contribution in [0.15, 0.2) is 27.9 Å². The maximum Gasteiger partial charge on any atom is 0.351 e. The topological polar surface area (TPSA) is 127 Å². The van der Waals surface area contributed by atoms with Crippen molar-refractivity contribution in [3.8, 4) is 0 Å². The third kappa shape index (κ3) is 2.15. The van der Waals surface area contributed by atoms with Crippen molar-refractivity contribution < 1.29 is 20.1 Å². The van der Waals surface area contributed by atoms with Gasteiger partial charge in [0.2, 0.25) is 0 Å². The summed E-state index contributed by atoms with van der Waals surface area (Å²) >= 11 is 0. The summed E-state index contributed by atoms with van der Waals surface area (Å²) < 4.78 is 7.58. The van der Waals surface area contributed by atoms with Gasteiger partial charge in [0.15, 0.2) is 6.23 Å². The number of rotatable bonds is 2. The van der Waals surface area contributed by atoms with E-state index in [1.165, 1.54) is 29.9 Å². The first kappa shape index (κ1) is 14.9. The van der Waals surface area contributed by atoms with Crippen molar-refractivity contribution in [2.75, 3.05) is 6.61 Å². The quantitative estimate of drug-likeness (QED) is 0.569. The van der Waals surface area contributed by atoms with Crippen LogP contribution in [0, 0.1) is 0 Å². The fourth-order valence-electron chi connectivity index (χ4n) is 2.53. The van der Waals surface area contributed by atoms with Crippen LogP contribution >= 0.6 is 0 Å². The minimum atomic E-state index is -1.37. The molecule has 1 saturated heterocycles. The summed E-state index contributed by atoms with van der Waals surface area (Å²) in [6, 6.07) is 2.83. The molecule has 0 aromatic carbocycles. The van der Waals surface area contributed by atoms with E-state index in [9.17, 15) is 19.8 Å². The Morgan fingerprint density at radius 2 is 2.00 bits per heavy atom. The van der Waals surface area contributed by atoms with Crippen molar-refractivity contribution >= 4 is 11.0 Å². The summed E-state index contributed by atoms with van der Waals surface area (Å²) in [5.74, 6) is 0. The summed E-state index contributed by atoms with van der Waals surface area (Å²) in [6.07, 6.45) is -3.43. The van der Waals surface area contributed by atoms with E-state index >= 15 is 0 Å². The molecule has 0 unspecified atom stereocenters. The molecule has 4 atom stereocenters. The zero-order chi connectivity index (χ0) is 16.0. The number of aliphatic hydroxyl groups excluding tert-OH is 3. The van der Waals surface area contributed by atoms with Gasteiger partial charge in [-0.1, -0.05) is 0 Å². The zero-order valence-electron chi connectivity index (χ0n) is 11.7. The molecule has 0 amide bonds. The Kier molecular flexibility index (Phi) is 3.57. The molecule has 3 heterocycles. The van der Waals surface area contributed by atoms with Gasteiger partial charge in [-0.15, -0.1) is 0 Å². The molecule has 1 aliphatic heterocycles. The molecule has 3 N–H and O–H groups in total. The van der Waals surface area contributed by atoms with Gasteiger partial charge in [-0.05, 0) is 6.07 Å². The van der Waals surface area contributed by atoms with Crippen molar-refractivity contribution in [2.45, 2.75) is 24.5 Å². The van der Waals surface area contributed by atoms with Crippen LogP contribution in [0.2, 0.25) is 0 Å². The summed E-state index contributed by atoms with van der Waals surface area (Å²) in [4.78, 5) is 27.5. The molecule has 0 radical (unpaired) electrons. The highest BCUT2D eigenvalue weighted by Crippen LogP contribution is 2.28. The van der Waals surface area contributed by atoms with Gasteiger partial charge < -0.3 is 20.1 Å². The Morgan fingerprint density at radius 1 is 1.27 bits per heavy atom. The second-order valence-electron chi connectivity index (χ2n) is 5.17. The lowest BCUT2D eigenvalue weighted by Gasteiger charge is -2.17. The molecule has 1 fully saturated rings. The van der Waals surface area contributed by atoms with Crippen LogP contribution in [0.5, 0.6) is 0 Å². The predicted octanol–water partition coefficient (Wildman–Crippen LogP) is -2.29. The van der Waals surface area contributed by atoms with Gasteiger partial charge in [-0.2, -0.15) is 4.98 Å². The monoisotopic (exact) mass is 309 g/mol. The number of pyridine rings is 1. The van der Waals surface area contributed by atoms with E-state index < -0.39 is 36.8 Å². The summed E-state index contributed by atoms with van der Waals surface area (Å²) in [5.41, 5.74) is -0.825. The molecule has 2 aromatic rings. The minimum Gasteiger partial charge on any atom is -0.394 e. The Hall–Kier alpha value is -2.07. The lowest BCUT2D eigenvalue weighted by molar-refractivity contribution is -0.0547. The number of hydrogen-bond donors (Lipinski definition) is 3. The van der Waals surface area contributed by atoms with Crippen molar-refractivity contribution in [3.05, 3.63) is 39.2 Å². The fraction of sp³-hybridized carbons (Fsp3) is 0.462. The van der Waals surface area contributed by atoms with Gasteiger partial charge in [-0.25, -0.2) is 4.79 Å². The SMILES string of the molecule is Cn1c(=O)ccc2cn([C@@H]3O[C@H](CO)[C@@H](O)[C@H]3O)c(=O)nc21. The maximum atomic E-state index is 12.1. The molecular weight excluding hydrogens is 294 g/mol. The number of aryl methyl sites for hydroxylation is 1. The van der Waals surface area contributed by atoms with Crippen LogP contribution in [0.1, 0.15) is 6.23 Å². The molecule has 118 valence electrons.